The van der Waals surface area contributed by atoms with Crippen molar-refractivity contribution < 1.29 is 8.42 Å². The molecule has 3 rings (SSSR count). The summed E-state index contributed by atoms with van der Waals surface area (Å²) in [6.45, 7) is 1.72. The maximum atomic E-state index is 12.2. The fraction of sp³-hybridized carbons (Fsp3) is 0.0714. The summed E-state index contributed by atoms with van der Waals surface area (Å²) in [7, 11) is -3.69. The van der Waals surface area contributed by atoms with Crippen LogP contribution < -0.4 is 10.3 Å². The summed E-state index contributed by atoms with van der Waals surface area (Å²) in [6, 6.07) is 9.71. The number of hydrogen-bond acceptors (Lipinski definition) is 4. The number of benzene rings is 1. The van der Waals surface area contributed by atoms with Crippen LogP contribution in [-0.2, 0) is 10.0 Å². The van der Waals surface area contributed by atoms with Crippen LogP contribution >= 0.6 is 22.9 Å². The molecule has 0 saturated heterocycles. The molecule has 2 N–H and O–H groups in total. The molecule has 5 nitrogen and oxygen atoms in total. The number of sulfonamides is 1. The van der Waals surface area contributed by atoms with Crippen molar-refractivity contribution >= 4 is 49.6 Å². The number of rotatable bonds is 3. The lowest BCUT2D eigenvalue weighted by Crippen LogP contribution is -2.12. The SMILES string of the molecule is Cc1cc2ccc(NS(=O)(=O)c3ccc(Cl)s3)cc2[nH]c1=O. The molecule has 0 aliphatic carbocycles. The van der Waals surface area contributed by atoms with Crippen LogP contribution in [0.4, 0.5) is 5.69 Å². The van der Waals surface area contributed by atoms with Gasteiger partial charge in [0.25, 0.3) is 15.6 Å². The number of aromatic amines is 1. The number of anilines is 1. The molecule has 114 valence electrons. The van der Waals surface area contributed by atoms with Crippen molar-refractivity contribution in [2.24, 2.45) is 0 Å². The van der Waals surface area contributed by atoms with Gasteiger partial charge in [-0.05, 0) is 42.6 Å². The van der Waals surface area contributed by atoms with Crippen molar-refractivity contribution in [3.8, 4) is 0 Å². The third-order valence-electron chi connectivity index (χ3n) is 3.10. The summed E-state index contributed by atoms with van der Waals surface area (Å²) in [5.74, 6) is 0. The highest BCUT2D eigenvalue weighted by atomic mass is 35.5. The van der Waals surface area contributed by atoms with Crippen LogP contribution in [0.1, 0.15) is 5.56 Å². The van der Waals surface area contributed by atoms with E-state index in [2.05, 4.69) is 9.71 Å². The highest BCUT2D eigenvalue weighted by Crippen LogP contribution is 2.27. The van der Waals surface area contributed by atoms with Gasteiger partial charge in [0.15, 0.2) is 0 Å². The summed E-state index contributed by atoms with van der Waals surface area (Å²) in [4.78, 5) is 14.4. The van der Waals surface area contributed by atoms with Crippen molar-refractivity contribution in [3.05, 3.63) is 56.7 Å². The number of hydrogen-bond donors (Lipinski definition) is 2. The van der Waals surface area contributed by atoms with Crippen LogP contribution in [0.3, 0.4) is 0 Å². The Hall–Kier alpha value is -1.83. The molecule has 0 aliphatic heterocycles. The van der Waals surface area contributed by atoms with Gasteiger partial charge in [-0.2, -0.15) is 0 Å². The summed E-state index contributed by atoms with van der Waals surface area (Å²) < 4.78 is 27.5. The van der Waals surface area contributed by atoms with Crippen LogP contribution in [0.15, 0.2) is 45.4 Å². The Morgan fingerprint density at radius 3 is 2.64 bits per heavy atom. The highest BCUT2D eigenvalue weighted by Gasteiger charge is 2.17. The first-order valence-corrected chi connectivity index (χ1v) is 8.95. The molecular formula is C14H11ClN2O3S2. The maximum absolute atomic E-state index is 12.2. The zero-order valence-corrected chi connectivity index (χ0v) is 13.8. The van der Waals surface area contributed by atoms with Crippen molar-refractivity contribution in [1.82, 2.24) is 4.98 Å². The van der Waals surface area contributed by atoms with E-state index in [9.17, 15) is 13.2 Å². The van der Waals surface area contributed by atoms with Crippen molar-refractivity contribution in [3.63, 3.8) is 0 Å². The third-order valence-corrected chi connectivity index (χ3v) is 6.20. The van der Waals surface area contributed by atoms with E-state index in [1.807, 2.05) is 0 Å². The van der Waals surface area contributed by atoms with E-state index in [4.69, 9.17) is 11.6 Å². The summed E-state index contributed by atoms with van der Waals surface area (Å²) in [6.07, 6.45) is 0. The van der Waals surface area contributed by atoms with E-state index in [1.54, 1.807) is 31.2 Å². The zero-order valence-electron chi connectivity index (χ0n) is 11.4. The van der Waals surface area contributed by atoms with Crippen LogP contribution in [0.25, 0.3) is 10.9 Å². The molecule has 3 aromatic rings. The van der Waals surface area contributed by atoms with Gasteiger partial charge in [0, 0.05) is 5.56 Å². The second-order valence-electron chi connectivity index (χ2n) is 4.75. The minimum absolute atomic E-state index is 0.134. The van der Waals surface area contributed by atoms with E-state index in [-0.39, 0.29) is 9.77 Å². The topological polar surface area (TPSA) is 79.0 Å². The van der Waals surface area contributed by atoms with Gasteiger partial charge in [-0.25, -0.2) is 8.42 Å². The monoisotopic (exact) mass is 354 g/mol. The minimum Gasteiger partial charge on any atom is -0.322 e. The van der Waals surface area contributed by atoms with Crippen LogP contribution in [0.5, 0.6) is 0 Å². The summed E-state index contributed by atoms with van der Waals surface area (Å²) >= 11 is 6.75. The van der Waals surface area contributed by atoms with Gasteiger partial charge in [0.2, 0.25) is 0 Å². The number of fused-ring (bicyclic) bond motifs is 1. The first-order chi connectivity index (χ1) is 10.3. The smallest absolute Gasteiger partial charge is 0.271 e. The second kappa shape index (κ2) is 5.42. The average molecular weight is 355 g/mol. The van der Waals surface area contributed by atoms with Crippen LogP contribution in [-0.4, -0.2) is 13.4 Å². The lowest BCUT2D eigenvalue weighted by atomic mass is 10.1. The second-order valence-corrected chi connectivity index (χ2v) is 8.37. The fourth-order valence-corrected chi connectivity index (χ4v) is 4.55. The molecule has 1 aromatic carbocycles. The molecule has 22 heavy (non-hydrogen) atoms. The Balaban J connectivity index is 2.00. The Kier molecular flexibility index (Phi) is 3.72. The van der Waals surface area contributed by atoms with E-state index >= 15 is 0 Å². The van der Waals surface area contributed by atoms with E-state index in [0.29, 0.717) is 21.1 Å². The zero-order chi connectivity index (χ0) is 15.9. The number of nitrogens with one attached hydrogen (secondary N) is 2. The number of pyridine rings is 1. The van der Waals surface area contributed by atoms with Gasteiger partial charge < -0.3 is 4.98 Å². The molecule has 0 atom stereocenters. The molecule has 2 aromatic heterocycles. The normalized spacial score (nSPS) is 11.7. The molecule has 0 bridgehead atoms. The van der Waals surface area contributed by atoms with Crippen LogP contribution in [0.2, 0.25) is 4.34 Å². The molecule has 0 unspecified atom stereocenters. The molecule has 8 heteroatoms. The lowest BCUT2D eigenvalue weighted by Gasteiger charge is -2.07. The Morgan fingerprint density at radius 2 is 1.95 bits per heavy atom. The predicted molar refractivity (Wildman–Crippen MR) is 89.4 cm³/mol. The Labute approximate surface area is 135 Å². The highest BCUT2D eigenvalue weighted by molar-refractivity contribution is 7.94. The first kappa shape index (κ1) is 15.1. The number of aryl methyl sites for hydroxylation is 1. The van der Waals surface area contributed by atoms with Crippen molar-refractivity contribution in [2.75, 3.05) is 4.72 Å². The number of aromatic nitrogens is 1. The van der Waals surface area contributed by atoms with Gasteiger partial charge in [-0.3, -0.25) is 9.52 Å². The number of halogens is 1. The van der Waals surface area contributed by atoms with E-state index < -0.39 is 10.0 Å². The lowest BCUT2D eigenvalue weighted by molar-refractivity contribution is 0.603. The standard InChI is InChI=1S/C14H11ClN2O3S2/c1-8-6-9-2-3-10(7-11(9)16-14(8)18)17-22(19,20)13-5-4-12(15)21-13/h2-7,17H,1H3,(H,16,18). The van der Waals surface area contributed by atoms with Gasteiger partial charge in [-0.1, -0.05) is 17.7 Å². The van der Waals surface area contributed by atoms with Crippen molar-refractivity contribution in [1.29, 1.82) is 0 Å². The minimum atomic E-state index is -3.69. The molecule has 2 heterocycles. The molecule has 0 fully saturated rings. The van der Waals surface area contributed by atoms with E-state index in [0.717, 1.165) is 16.7 Å². The number of thiophene rings is 1. The van der Waals surface area contributed by atoms with E-state index in [1.165, 1.54) is 12.1 Å². The Morgan fingerprint density at radius 1 is 1.18 bits per heavy atom. The van der Waals surface area contributed by atoms with Gasteiger partial charge in [-0.15, -0.1) is 11.3 Å². The summed E-state index contributed by atoms with van der Waals surface area (Å²) in [5.41, 5.74) is 1.35. The first-order valence-electron chi connectivity index (χ1n) is 6.27. The molecular weight excluding hydrogens is 344 g/mol. The third kappa shape index (κ3) is 2.87. The molecule has 0 radical (unpaired) electrons. The predicted octanol–water partition coefficient (Wildman–Crippen LogP) is 3.35. The van der Waals surface area contributed by atoms with Gasteiger partial charge in [0.1, 0.15) is 4.21 Å². The van der Waals surface area contributed by atoms with Gasteiger partial charge in [0.05, 0.1) is 15.5 Å². The molecule has 0 amide bonds. The fourth-order valence-electron chi connectivity index (χ4n) is 2.02. The average Bonchev–Trinajstić information content (AvgIpc) is 2.88. The molecule has 0 aliphatic rings. The molecule has 0 spiro atoms. The van der Waals surface area contributed by atoms with Crippen LogP contribution in [0, 0.1) is 6.92 Å². The quantitative estimate of drug-likeness (QED) is 0.757. The van der Waals surface area contributed by atoms with Gasteiger partial charge >= 0.3 is 0 Å². The maximum Gasteiger partial charge on any atom is 0.271 e. The number of H-pyrrole nitrogens is 1. The largest absolute Gasteiger partial charge is 0.322 e. The Bertz CT molecular complexity index is 1020. The summed E-state index contributed by atoms with van der Waals surface area (Å²) in [5, 5.41) is 0.833. The van der Waals surface area contributed by atoms with Crippen molar-refractivity contribution in [2.45, 2.75) is 11.1 Å². The molecule has 0 saturated carbocycles.